The van der Waals surface area contributed by atoms with E-state index < -0.39 is 0 Å². The van der Waals surface area contributed by atoms with E-state index in [1.807, 2.05) is 13.0 Å². The van der Waals surface area contributed by atoms with E-state index in [1.54, 1.807) is 23.1 Å². The number of rotatable bonds is 1. The molecule has 0 saturated carbocycles. The summed E-state index contributed by atoms with van der Waals surface area (Å²) in [5.74, 6) is 0.679. The maximum Gasteiger partial charge on any atom is 0.177 e. The molecule has 12 heavy (non-hydrogen) atoms. The van der Waals surface area contributed by atoms with Crippen LogP contribution in [0.25, 0.3) is 5.82 Å². The van der Waals surface area contributed by atoms with Gasteiger partial charge in [0, 0.05) is 6.20 Å². The van der Waals surface area contributed by atoms with Gasteiger partial charge < -0.3 is 0 Å². The molecule has 0 amide bonds. The van der Waals surface area contributed by atoms with Gasteiger partial charge in [-0.15, -0.1) is 10.2 Å². The minimum absolute atomic E-state index is 0.679. The molecule has 0 radical (unpaired) electrons. The minimum Gasteiger partial charge on any atom is -0.200 e. The summed E-state index contributed by atoms with van der Waals surface area (Å²) in [4.78, 5) is 0. The lowest BCUT2D eigenvalue weighted by atomic mass is 10.5. The molecule has 5 nitrogen and oxygen atoms in total. The van der Waals surface area contributed by atoms with Crippen molar-refractivity contribution in [3.05, 3.63) is 30.2 Å². The highest BCUT2D eigenvalue weighted by molar-refractivity contribution is 5.17. The van der Waals surface area contributed by atoms with Crippen LogP contribution in [0.2, 0.25) is 0 Å². The second kappa shape index (κ2) is 2.69. The Morgan fingerprint density at radius 2 is 2.25 bits per heavy atom. The van der Waals surface area contributed by atoms with Crippen molar-refractivity contribution >= 4 is 0 Å². The molecule has 2 aromatic rings. The van der Waals surface area contributed by atoms with Crippen LogP contribution in [0.5, 0.6) is 0 Å². The molecule has 0 N–H and O–H groups in total. The summed E-state index contributed by atoms with van der Waals surface area (Å²) in [5.41, 5.74) is 0.862. The zero-order valence-electron chi connectivity index (χ0n) is 6.55. The molecule has 60 valence electrons. The molecule has 0 unspecified atom stereocenters. The average molecular weight is 161 g/mol. The van der Waals surface area contributed by atoms with Crippen LogP contribution in [0, 0.1) is 6.92 Å². The van der Waals surface area contributed by atoms with Gasteiger partial charge in [-0.25, -0.2) is 4.68 Å². The molecule has 0 fully saturated rings. The highest BCUT2D eigenvalue weighted by Gasteiger charge is 1.98. The van der Waals surface area contributed by atoms with Gasteiger partial charge in [-0.3, -0.25) is 0 Å². The highest BCUT2D eigenvalue weighted by atomic mass is 15.4. The molecule has 0 aromatic carbocycles. The van der Waals surface area contributed by atoms with Gasteiger partial charge in [0.15, 0.2) is 5.82 Å². The maximum absolute atomic E-state index is 3.87. The first-order valence-corrected chi connectivity index (χ1v) is 3.53. The molecule has 5 heteroatoms. The normalized spacial score (nSPS) is 10.1. The van der Waals surface area contributed by atoms with Gasteiger partial charge in [0.2, 0.25) is 0 Å². The number of aromatic nitrogens is 5. The van der Waals surface area contributed by atoms with E-state index in [0.29, 0.717) is 5.82 Å². The Morgan fingerprint density at radius 3 is 2.83 bits per heavy atom. The standard InChI is InChI=1S/C7H7N5/c1-6-5-12(11-9-6)7-3-2-4-8-10-7/h2-5H,1H3. The van der Waals surface area contributed by atoms with Crippen molar-refractivity contribution in [3.63, 3.8) is 0 Å². The fraction of sp³-hybridized carbons (Fsp3) is 0.143. The van der Waals surface area contributed by atoms with Crippen LogP contribution in [0.15, 0.2) is 24.5 Å². The Bertz CT molecular complexity index is 366. The smallest absolute Gasteiger partial charge is 0.177 e. The Balaban J connectivity index is 2.45. The molecule has 0 aliphatic carbocycles. The van der Waals surface area contributed by atoms with Gasteiger partial charge in [-0.2, -0.15) is 5.10 Å². The average Bonchev–Trinajstić information content (AvgIpc) is 2.54. The van der Waals surface area contributed by atoms with Crippen LogP contribution in [0.3, 0.4) is 0 Å². The first-order valence-electron chi connectivity index (χ1n) is 3.53. The second-order valence-electron chi connectivity index (χ2n) is 2.39. The Morgan fingerprint density at radius 1 is 1.33 bits per heavy atom. The molecule has 0 aliphatic rings. The van der Waals surface area contributed by atoms with Crippen molar-refractivity contribution < 1.29 is 0 Å². The molecular weight excluding hydrogens is 154 g/mol. The van der Waals surface area contributed by atoms with Gasteiger partial charge in [-0.05, 0) is 19.1 Å². The van der Waals surface area contributed by atoms with Crippen molar-refractivity contribution in [2.75, 3.05) is 0 Å². The summed E-state index contributed by atoms with van der Waals surface area (Å²) in [7, 11) is 0. The van der Waals surface area contributed by atoms with E-state index in [1.165, 1.54) is 0 Å². The second-order valence-corrected chi connectivity index (χ2v) is 2.39. The predicted molar refractivity (Wildman–Crippen MR) is 41.7 cm³/mol. The summed E-state index contributed by atoms with van der Waals surface area (Å²) >= 11 is 0. The van der Waals surface area contributed by atoms with E-state index in [2.05, 4.69) is 20.5 Å². The van der Waals surface area contributed by atoms with Crippen LogP contribution >= 0.6 is 0 Å². The third kappa shape index (κ3) is 1.16. The Labute approximate surface area is 69.1 Å². The fourth-order valence-corrected chi connectivity index (χ4v) is 0.875. The van der Waals surface area contributed by atoms with E-state index >= 15 is 0 Å². The van der Waals surface area contributed by atoms with E-state index in [0.717, 1.165) is 5.69 Å². The van der Waals surface area contributed by atoms with Gasteiger partial charge >= 0.3 is 0 Å². The number of hydrogen-bond acceptors (Lipinski definition) is 4. The van der Waals surface area contributed by atoms with E-state index in [9.17, 15) is 0 Å². The Kier molecular flexibility index (Phi) is 1.55. The van der Waals surface area contributed by atoms with Crippen LogP contribution in [0.1, 0.15) is 5.69 Å². The molecule has 2 aromatic heterocycles. The predicted octanol–water partition coefficient (Wildman–Crippen LogP) is 0.366. The Hall–Kier alpha value is -1.78. The summed E-state index contributed by atoms with van der Waals surface area (Å²) < 4.78 is 1.59. The third-order valence-electron chi connectivity index (χ3n) is 1.40. The summed E-state index contributed by atoms with van der Waals surface area (Å²) in [6.07, 6.45) is 3.41. The quantitative estimate of drug-likeness (QED) is 0.606. The molecule has 2 heterocycles. The number of hydrogen-bond donors (Lipinski definition) is 0. The zero-order valence-corrected chi connectivity index (χ0v) is 6.55. The SMILES string of the molecule is Cc1cn(-c2cccnn2)nn1. The molecule has 0 saturated heterocycles. The molecular formula is C7H7N5. The van der Waals surface area contributed by atoms with Crippen molar-refractivity contribution in [2.45, 2.75) is 6.92 Å². The third-order valence-corrected chi connectivity index (χ3v) is 1.40. The summed E-state index contributed by atoms with van der Waals surface area (Å²) in [6.45, 7) is 1.87. The van der Waals surface area contributed by atoms with Crippen LogP contribution in [-0.2, 0) is 0 Å². The summed E-state index contributed by atoms with van der Waals surface area (Å²) in [6, 6.07) is 3.63. The molecule has 0 aliphatic heterocycles. The number of aryl methyl sites for hydroxylation is 1. The lowest BCUT2D eigenvalue weighted by Crippen LogP contribution is -1.98. The highest BCUT2D eigenvalue weighted by Crippen LogP contribution is 1.99. The topological polar surface area (TPSA) is 56.5 Å². The van der Waals surface area contributed by atoms with E-state index in [4.69, 9.17) is 0 Å². The largest absolute Gasteiger partial charge is 0.200 e. The monoisotopic (exact) mass is 161 g/mol. The summed E-state index contributed by atoms with van der Waals surface area (Å²) in [5, 5.41) is 15.3. The van der Waals surface area contributed by atoms with Gasteiger partial charge in [0.1, 0.15) is 0 Å². The molecule has 0 spiro atoms. The fourth-order valence-electron chi connectivity index (χ4n) is 0.875. The number of nitrogens with zero attached hydrogens (tertiary/aromatic N) is 5. The van der Waals surface area contributed by atoms with Crippen LogP contribution < -0.4 is 0 Å². The van der Waals surface area contributed by atoms with Crippen molar-refractivity contribution in [3.8, 4) is 5.82 Å². The lowest BCUT2D eigenvalue weighted by molar-refractivity contribution is 0.761. The lowest BCUT2D eigenvalue weighted by Gasteiger charge is -1.93. The maximum atomic E-state index is 3.87. The van der Waals surface area contributed by atoms with Crippen LogP contribution in [-0.4, -0.2) is 25.2 Å². The van der Waals surface area contributed by atoms with Crippen molar-refractivity contribution in [2.24, 2.45) is 0 Å². The molecule has 0 atom stereocenters. The van der Waals surface area contributed by atoms with Gasteiger partial charge in [0.25, 0.3) is 0 Å². The van der Waals surface area contributed by atoms with Crippen LogP contribution in [0.4, 0.5) is 0 Å². The van der Waals surface area contributed by atoms with Gasteiger partial charge in [0.05, 0.1) is 11.9 Å². The van der Waals surface area contributed by atoms with Crippen molar-refractivity contribution in [1.82, 2.24) is 25.2 Å². The minimum atomic E-state index is 0.679. The first-order chi connectivity index (χ1) is 5.86. The van der Waals surface area contributed by atoms with Crippen molar-refractivity contribution in [1.29, 1.82) is 0 Å². The molecule has 2 rings (SSSR count). The zero-order chi connectivity index (χ0) is 8.39. The first kappa shape index (κ1) is 6.90. The van der Waals surface area contributed by atoms with Gasteiger partial charge in [-0.1, -0.05) is 5.21 Å². The van der Waals surface area contributed by atoms with E-state index in [-0.39, 0.29) is 0 Å². The molecule has 0 bridgehead atoms.